The van der Waals surface area contributed by atoms with Crippen molar-refractivity contribution in [2.24, 2.45) is 0 Å². The molecule has 0 heterocycles. The first-order chi connectivity index (χ1) is 12.4. The molecule has 0 radical (unpaired) electrons. The molecule has 2 aromatic carbocycles. The smallest absolute Gasteiger partial charge is 0.270 e. The number of nitro benzene ring substituents is 1. The lowest BCUT2D eigenvalue weighted by Gasteiger charge is -2.08. The number of hydrogen-bond donors (Lipinski definition) is 3. The molecule has 0 spiro atoms. The molecule has 2 amide bonds. The third-order valence-electron chi connectivity index (χ3n) is 3.44. The van der Waals surface area contributed by atoms with E-state index in [0.717, 1.165) is 0 Å². The number of nitrogens with zero attached hydrogens (tertiary/aromatic N) is 1. The summed E-state index contributed by atoms with van der Waals surface area (Å²) < 4.78 is 0.614. The van der Waals surface area contributed by atoms with Gasteiger partial charge in [0.2, 0.25) is 0 Å². The molecule has 0 aromatic heterocycles. The fraction of sp³-hybridized carbons (Fsp3) is 0.176. The minimum Gasteiger partial charge on any atom is -0.508 e. The second kappa shape index (κ2) is 9.13. The van der Waals surface area contributed by atoms with Crippen LogP contribution in [-0.2, 0) is 0 Å². The quantitative estimate of drug-likeness (QED) is 0.249. The first kappa shape index (κ1) is 19.6. The highest BCUT2D eigenvalue weighted by molar-refractivity contribution is 14.1. The highest BCUT2D eigenvalue weighted by Crippen LogP contribution is 2.19. The third kappa shape index (κ3) is 5.41. The van der Waals surface area contributed by atoms with E-state index in [1.807, 2.05) is 22.6 Å². The van der Waals surface area contributed by atoms with Crippen LogP contribution in [0.3, 0.4) is 0 Å². The molecule has 0 fully saturated rings. The van der Waals surface area contributed by atoms with E-state index in [1.165, 1.54) is 30.3 Å². The number of aromatic hydroxyl groups is 1. The summed E-state index contributed by atoms with van der Waals surface area (Å²) in [7, 11) is 0. The van der Waals surface area contributed by atoms with Gasteiger partial charge in [-0.05, 0) is 53.3 Å². The van der Waals surface area contributed by atoms with E-state index in [9.17, 15) is 24.8 Å². The lowest BCUT2D eigenvalue weighted by molar-refractivity contribution is -0.384. The molecule has 0 bridgehead atoms. The van der Waals surface area contributed by atoms with Crippen molar-refractivity contribution in [3.8, 4) is 5.75 Å². The second-order valence-corrected chi connectivity index (χ2v) is 6.50. The Kier molecular flexibility index (Phi) is 6.89. The molecule has 2 aromatic rings. The molecule has 9 heteroatoms. The first-order valence-electron chi connectivity index (χ1n) is 7.68. The number of phenolic OH excluding ortho intramolecular Hbond substituents is 1. The number of hydrogen-bond acceptors (Lipinski definition) is 5. The average Bonchev–Trinajstić information content (AvgIpc) is 2.61. The lowest BCUT2D eigenvalue weighted by atomic mass is 10.2. The number of carbonyl (C=O) groups excluding carboxylic acids is 2. The molecule has 26 heavy (non-hydrogen) atoms. The highest BCUT2D eigenvalue weighted by Gasteiger charge is 2.15. The van der Waals surface area contributed by atoms with Gasteiger partial charge in [-0.25, -0.2) is 0 Å². The van der Waals surface area contributed by atoms with Crippen molar-refractivity contribution in [2.45, 2.75) is 6.42 Å². The van der Waals surface area contributed by atoms with Crippen LogP contribution >= 0.6 is 22.6 Å². The van der Waals surface area contributed by atoms with Crippen molar-refractivity contribution in [2.75, 3.05) is 13.1 Å². The summed E-state index contributed by atoms with van der Waals surface area (Å²) in [6.07, 6.45) is 0.488. The number of carbonyl (C=O) groups is 2. The molecular weight excluding hydrogens is 453 g/mol. The van der Waals surface area contributed by atoms with Crippen molar-refractivity contribution in [3.05, 3.63) is 67.3 Å². The van der Waals surface area contributed by atoms with E-state index in [2.05, 4.69) is 10.6 Å². The Hall–Kier alpha value is -2.69. The van der Waals surface area contributed by atoms with Crippen LogP contribution in [0.4, 0.5) is 5.69 Å². The third-order valence-corrected chi connectivity index (χ3v) is 4.38. The Morgan fingerprint density at radius 3 is 2.42 bits per heavy atom. The number of halogens is 1. The maximum atomic E-state index is 12.1. The Balaban J connectivity index is 1.79. The van der Waals surface area contributed by atoms with Gasteiger partial charge in [0.1, 0.15) is 5.75 Å². The van der Waals surface area contributed by atoms with Crippen LogP contribution in [-0.4, -0.2) is 34.9 Å². The number of nitrogens with one attached hydrogen (secondary N) is 2. The SMILES string of the molecule is O=C(NCCCNC(=O)c1cc([N+](=O)[O-])ccc1I)c1cccc(O)c1. The molecule has 0 aliphatic rings. The Bertz CT molecular complexity index is 841. The summed E-state index contributed by atoms with van der Waals surface area (Å²) >= 11 is 1.94. The monoisotopic (exact) mass is 469 g/mol. The fourth-order valence-electron chi connectivity index (χ4n) is 2.14. The van der Waals surface area contributed by atoms with Crippen LogP contribution in [0, 0.1) is 13.7 Å². The van der Waals surface area contributed by atoms with Gasteiger partial charge in [-0.15, -0.1) is 0 Å². The number of phenols is 1. The lowest BCUT2D eigenvalue weighted by Crippen LogP contribution is -2.30. The number of benzene rings is 2. The van der Waals surface area contributed by atoms with Crippen molar-refractivity contribution >= 4 is 40.1 Å². The zero-order valence-corrected chi connectivity index (χ0v) is 15.7. The zero-order chi connectivity index (χ0) is 19.1. The van der Waals surface area contributed by atoms with E-state index >= 15 is 0 Å². The minimum atomic E-state index is -0.552. The van der Waals surface area contributed by atoms with E-state index in [1.54, 1.807) is 12.1 Å². The second-order valence-electron chi connectivity index (χ2n) is 5.34. The van der Waals surface area contributed by atoms with Crippen LogP contribution in [0.25, 0.3) is 0 Å². The molecule has 0 aliphatic heterocycles. The number of nitro groups is 1. The minimum absolute atomic E-state index is 0.0106. The van der Waals surface area contributed by atoms with E-state index in [4.69, 9.17) is 0 Å². The van der Waals surface area contributed by atoms with Crippen molar-refractivity contribution in [3.63, 3.8) is 0 Å². The first-order valence-corrected chi connectivity index (χ1v) is 8.75. The van der Waals surface area contributed by atoms with Crippen LogP contribution in [0.1, 0.15) is 27.1 Å². The maximum absolute atomic E-state index is 12.1. The summed E-state index contributed by atoms with van der Waals surface area (Å²) in [5, 5.41) is 25.5. The van der Waals surface area contributed by atoms with Gasteiger partial charge in [-0.3, -0.25) is 19.7 Å². The number of amides is 2. The zero-order valence-electron chi connectivity index (χ0n) is 13.6. The molecule has 0 aliphatic carbocycles. The van der Waals surface area contributed by atoms with Crippen LogP contribution < -0.4 is 10.6 Å². The van der Waals surface area contributed by atoms with Gasteiger partial charge in [0.15, 0.2) is 0 Å². The van der Waals surface area contributed by atoms with Crippen LogP contribution in [0.2, 0.25) is 0 Å². The summed E-state index contributed by atoms with van der Waals surface area (Å²) in [4.78, 5) is 34.3. The van der Waals surface area contributed by atoms with Gasteiger partial charge in [0.05, 0.1) is 10.5 Å². The van der Waals surface area contributed by atoms with Gasteiger partial charge in [-0.1, -0.05) is 6.07 Å². The topological polar surface area (TPSA) is 122 Å². The van der Waals surface area contributed by atoms with E-state index < -0.39 is 10.8 Å². The predicted molar refractivity (Wildman–Crippen MR) is 103 cm³/mol. The molecular formula is C17H16IN3O5. The van der Waals surface area contributed by atoms with Gasteiger partial charge in [0.25, 0.3) is 17.5 Å². The van der Waals surface area contributed by atoms with Crippen molar-refractivity contribution in [1.29, 1.82) is 0 Å². The number of rotatable bonds is 7. The molecule has 3 N–H and O–H groups in total. The number of non-ortho nitro benzene ring substituents is 1. The highest BCUT2D eigenvalue weighted by atomic mass is 127. The summed E-state index contributed by atoms with van der Waals surface area (Å²) in [5.41, 5.74) is 0.442. The molecule has 8 nitrogen and oxygen atoms in total. The fourth-order valence-corrected chi connectivity index (χ4v) is 2.72. The summed E-state index contributed by atoms with van der Waals surface area (Å²) in [6, 6.07) is 10.1. The van der Waals surface area contributed by atoms with Crippen molar-refractivity contribution in [1.82, 2.24) is 10.6 Å². The molecule has 136 valence electrons. The Morgan fingerprint density at radius 2 is 1.77 bits per heavy atom. The molecule has 0 saturated heterocycles. The van der Waals surface area contributed by atoms with Crippen LogP contribution in [0.15, 0.2) is 42.5 Å². The van der Waals surface area contributed by atoms with Gasteiger partial charge < -0.3 is 15.7 Å². The summed E-state index contributed by atoms with van der Waals surface area (Å²) in [6.45, 7) is 0.638. The maximum Gasteiger partial charge on any atom is 0.270 e. The molecule has 0 unspecified atom stereocenters. The largest absolute Gasteiger partial charge is 0.508 e. The van der Waals surface area contributed by atoms with Crippen LogP contribution in [0.5, 0.6) is 5.75 Å². The van der Waals surface area contributed by atoms with E-state index in [0.29, 0.717) is 28.6 Å². The standard InChI is InChI=1S/C17H16IN3O5/c18-15-6-5-12(21(25)26)10-14(15)17(24)20-8-2-7-19-16(23)11-3-1-4-13(22)9-11/h1,3-6,9-10,22H,2,7-8H2,(H,19,23)(H,20,24). The Labute approximate surface area is 162 Å². The van der Waals surface area contributed by atoms with Crippen molar-refractivity contribution < 1.29 is 19.6 Å². The van der Waals surface area contributed by atoms with Gasteiger partial charge in [-0.2, -0.15) is 0 Å². The molecule has 0 atom stereocenters. The van der Waals surface area contributed by atoms with E-state index in [-0.39, 0.29) is 22.9 Å². The van der Waals surface area contributed by atoms with Gasteiger partial charge in [0, 0.05) is 34.4 Å². The Morgan fingerprint density at radius 1 is 1.08 bits per heavy atom. The molecule has 2 rings (SSSR count). The predicted octanol–water partition coefficient (Wildman–Crippen LogP) is 2.45. The van der Waals surface area contributed by atoms with Gasteiger partial charge >= 0.3 is 0 Å². The molecule has 0 saturated carbocycles. The average molecular weight is 469 g/mol. The summed E-state index contributed by atoms with van der Waals surface area (Å²) in [5.74, 6) is -0.714. The normalized spacial score (nSPS) is 10.2.